The zero-order chi connectivity index (χ0) is 14.7. The van der Waals surface area contributed by atoms with Crippen molar-refractivity contribution in [2.75, 3.05) is 0 Å². The molecule has 0 aliphatic carbocycles. The normalized spacial score (nSPS) is 11.9. The van der Waals surface area contributed by atoms with Gasteiger partial charge in [0, 0.05) is 30.0 Å². The molecule has 5 rings (SSSR count). The van der Waals surface area contributed by atoms with Gasteiger partial charge >= 0.3 is 0 Å². The van der Waals surface area contributed by atoms with Crippen LogP contribution in [0.15, 0.2) is 71.2 Å². The monoisotopic (exact) mass is 362 g/mol. The summed E-state index contributed by atoms with van der Waals surface area (Å²) in [4.78, 5) is 0. The quantitative estimate of drug-likeness (QED) is 0.257. The Morgan fingerprint density at radius 3 is 2.36 bits per heavy atom. The van der Waals surface area contributed by atoms with E-state index in [9.17, 15) is 0 Å². The first kappa shape index (κ1) is 12.6. The maximum absolute atomic E-state index is 3.78. The van der Waals surface area contributed by atoms with Gasteiger partial charge < -0.3 is 0 Å². The molecule has 2 heteroatoms. The number of thiophene rings is 1. The topological polar surface area (TPSA) is 0 Å². The van der Waals surface area contributed by atoms with Crippen LogP contribution in [0.1, 0.15) is 0 Å². The van der Waals surface area contributed by atoms with Crippen molar-refractivity contribution >= 4 is 69.0 Å². The van der Waals surface area contributed by atoms with Crippen molar-refractivity contribution in [2.24, 2.45) is 0 Å². The summed E-state index contributed by atoms with van der Waals surface area (Å²) in [6.07, 6.45) is 0. The van der Waals surface area contributed by atoms with Crippen LogP contribution in [0.5, 0.6) is 0 Å². The molecule has 0 saturated heterocycles. The van der Waals surface area contributed by atoms with Crippen LogP contribution in [0, 0.1) is 0 Å². The molecule has 22 heavy (non-hydrogen) atoms. The van der Waals surface area contributed by atoms with Crippen LogP contribution in [-0.2, 0) is 0 Å². The number of benzene rings is 4. The smallest absolute Gasteiger partial charge is 0.0440 e. The fourth-order valence-corrected chi connectivity index (χ4v) is 5.13. The Morgan fingerprint density at radius 1 is 0.682 bits per heavy atom. The van der Waals surface area contributed by atoms with Gasteiger partial charge in [0.15, 0.2) is 0 Å². The third-order valence-electron chi connectivity index (χ3n) is 4.32. The Kier molecular flexibility index (Phi) is 2.61. The molecule has 0 saturated carbocycles. The molecule has 1 heterocycles. The van der Waals surface area contributed by atoms with E-state index < -0.39 is 0 Å². The fourth-order valence-electron chi connectivity index (χ4n) is 3.31. The highest BCUT2D eigenvalue weighted by Crippen LogP contribution is 2.43. The van der Waals surface area contributed by atoms with E-state index in [1.165, 1.54) is 46.2 Å². The zero-order valence-electron chi connectivity index (χ0n) is 11.6. The Labute approximate surface area is 140 Å². The number of halogens is 1. The third kappa shape index (κ3) is 1.62. The minimum absolute atomic E-state index is 1.17. The first-order chi connectivity index (χ1) is 10.8. The summed E-state index contributed by atoms with van der Waals surface area (Å²) < 4.78 is 3.91. The van der Waals surface area contributed by atoms with E-state index in [2.05, 4.69) is 82.7 Å². The zero-order valence-corrected chi connectivity index (χ0v) is 14.0. The van der Waals surface area contributed by atoms with E-state index in [0.717, 1.165) is 0 Å². The predicted molar refractivity (Wildman–Crippen MR) is 102 cm³/mol. The minimum atomic E-state index is 1.17. The van der Waals surface area contributed by atoms with E-state index >= 15 is 0 Å². The van der Waals surface area contributed by atoms with Crippen molar-refractivity contribution in [3.05, 3.63) is 71.2 Å². The molecular weight excluding hydrogens is 352 g/mol. The van der Waals surface area contributed by atoms with E-state index in [0.29, 0.717) is 0 Å². The second-order valence-electron chi connectivity index (χ2n) is 5.54. The summed E-state index contributed by atoms with van der Waals surface area (Å²) in [5.74, 6) is 0. The summed E-state index contributed by atoms with van der Waals surface area (Å²) >= 11 is 5.67. The van der Waals surface area contributed by atoms with Crippen molar-refractivity contribution in [3.63, 3.8) is 0 Å². The molecule has 0 atom stereocenters. The molecule has 0 aliphatic rings. The van der Waals surface area contributed by atoms with Crippen LogP contribution in [0.2, 0.25) is 0 Å². The molecule has 0 fully saturated rings. The van der Waals surface area contributed by atoms with Crippen LogP contribution in [-0.4, -0.2) is 0 Å². The van der Waals surface area contributed by atoms with E-state index in [4.69, 9.17) is 0 Å². The summed E-state index contributed by atoms with van der Waals surface area (Å²) in [6.45, 7) is 0. The summed E-state index contributed by atoms with van der Waals surface area (Å²) in [5, 5.41) is 7.97. The van der Waals surface area contributed by atoms with E-state index in [1.807, 2.05) is 11.3 Å². The molecule has 0 aliphatic heterocycles. The lowest BCUT2D eigenvalue weighted by Gasteiger charge is -2.07. The number of rotatable bonds is 0. The number of fused-ring (bicyclic) bond motifs is 7. The summed E-state index contributed by atoms with van der Waals surface area (Å²) in [7, 11) is 0. The second kappa shape index (κ2) is 4.55. The molecule has 5 aromatic rings. The summed E-state index contributed by atoms with van der Waals surface area (Å²) in [5.41, 5.74) is 0. The lowest BCUT2D eigenvalue weighted by atomic mass is 10.00. The third-order valence-corrected chi connectivity index (χ3v) is 6.18. The van der Waals surface area contributed by atoms with Gasteiger partial charge in [-0.05, 0) is 28.3 Å². The number of hydrogen-bond donors (Lipinski definition) is 0. The van der Waals surface area contributed by atoms with Crippen LogP contribution in [0.3, 0.4) is 0 Å². The highest BCUT2D eigenvalue weighted by molar-refractivity contribution is 9.10. The van der Waals surface area contributed by atoms with Gasteiger partial charge in [-0.15, -0.1) is 11.3 Å². The SMILES string of the molecule is Brc1cc2c3ccccc3sc2c2c1ccc1ccccc12. The van der Waals surface area contributed by atoms with Crippen molar-refractivity contribution in [3.8, 4) is 0 Å². The average molecular weight is 363 g/mol. The van der Waals surface area contributed by atoms with Crippen molar-refractivity contribution < 1.29 is 0 Å². The maximum Gasteiger partial charge on any atom is 0.0440 e. The molecule has 0 nitrogen and oxygen atoms in total. The first-order valence-corrected chi connectivity index (χ1v) is 8.85. The molecule has 0 bridgehead atoms. The van der Waals surface area contributed by atoms with Crippen LogP contribution in [0.25, 0.3) is 41.7 Å². The molecule has 0 unspecified atom stereocenters. The lowest BCUT2D eigenvalue weighted by Crippen LogP contribution is -1.80. The highest BCUT2D eigenvalue weighted by atomic mass is 79.9. The lowest BCUT2D eigenvalue weighted by molar-refractivity contribution is 1.78. The Hall–Kier alpha value is -1.90. The predicted octanol–water partition coefficient (Wildman–Crippen LogP) is 7.12. The van der Waals surface area contributed by atoms with Crippen LogP contribution >= 0.6 is 27.3 Å². The molecule has 4 aromatic carbocycles. The minimum Gasteiger partial charge on any atom is -0.135 e. The Balaban J connectivity index is 2.17. The Morgan fingerprint density at radius 2 is 1.45 bits per heavy atom. The van der Waals surface area contributed by atoms with Crippen LogP contribution in [0.4, 0.5) is 0 Å². The van der Waals surface area contributed by atoms with E-state index in [1.54, 1.807) is 0 Å². The van der Waals surface area contributed by atoms with Crippen molar-refractivity contribution in [1.82, 2.24) is 0 Å². The van der Waals surface area contributed by atoms with Gasteiger partial charge in [-0.2, -0.15) is 0 Å². The highest BCUT2D eigenvalue weighted by Gasteiger charge is 2.12. The van der Waals surface area contributed by atoms with Gasteiger partial charge in [0.2, 0.25) is 0 Å². The van der Waals surface area contributed by atoms with Gasteiger partial charge in [0.1, 0.15) is 0 Å². The van der Waals surface area contributed by atoms with Gasteiger partial charge in [-0.3, -0.25) is 0 Å². The molecule has 0 N–H and O–H groups in total. The molecular formula is C20H11BrS. The van der Waals surface area contributed by atoms with Crippen LogP contribution < -0.4 is 0 Å². The van der Waals surface area contributed by atoms with Gasteiger partial charge in [-0.1, -0.05) is 70.5 Å². The maximum atomic E-state index is 3.78. The average Bonchev–Trinajstić information content (AvgIpc) is 2.93. The van der Waals surface area contributed by atoms with Crippen molar-refractivity contribution in [2.45, 2.75) is 0 Å². The van der Waals surface area contributed by atoms with Gasteiger partial charge in [-0.25, -0.2) is 0 Å². The van der Waals surface area contributed by atoms with Gasteiger partial charge in [0.05, 0.1) is 0 Å². The van der Waals surface area contributed by atoms with Gasteiger partial charge in [0.25, 0.3) is 0 Å². The Bertz CT molecular complexity index is 1180. The number of hydrogen-bond acceptors (Lipinski definition) is 1. The van der Waals surface area contributed by atoms with E-state index in [-0.39, 0.29) is 0 Å². The molecule has 0 radical (unpaired) electrons. The molecule has 0 spiro atoms. The molecule has 0 amide bonds. The standard InChI is InChI=1S/C20H11BrS/c21-17-11-16-14-7-3-4-8-18(14)22-20(16)19-13-6-2-1-5-12(13)9-10-15(17)19/h1-11H. The summed E-state index contributed by atoms with van der Waals surface area (Å²) in [6, 6.07) is 24.0. The van der Waals surface area contributed by atoms with Crippen molar-refractivity contribution in [1.29, 1.82) is 0 Å². The largest absolute Gasteiger partial charge is 0.135 e. The first-order valence-electron chi connectivity index (χ1n) is 7.24. The fraction of sp³-hybridized carbons (Fsp3) is 0. The molecule has 1 aromatic heterocycles. The molecule has 104 valence electrons. The second-order valence-corrected chi connectivity index (χ2v) is 7.45.